The topological polar surface area (TPSA) is 67.7 Å². The van der Waals surface area contributed by atoms with Crippen LogP contribution >= 0.6 is 11.3 Å². The van der Waals surface area contributed by atoms with Gasteiger partial charge in [0.05, 0.1) is 31.0 Å². The van der Waals surface area contributed by atoms with E-state index in [1.165, 1.54) is 18.5 Å². The molecule has 1 aliphatic rings. The minimum absolute atomic E-state index is 0.268. The second-order valence-corrected chi connectivity index (χ2v) is 8.34. The molecule has 2 aromatic carbocycles. The summed E-state index contributed by atoms with van der Waals surface area (Å²) in [6, 6.07) is 12.1. The molecule has 0 saturated carbocycles. The molecule has 1 N–H and O–H groups in total. The van der Waals surface area contributed by atoms with Crippen LogP contribution in [0.3, 0.4) is 0 Å². The molecule has 1 unspecified atom stereocenters. The average Bonchev–Trinajstić information content (AvgIpc) is 3.23. The monoisotopic (exact) mass is 437 g/mol. The van der Waals surface area contributed by atoms with Crippen molar-refractivity contribution in [1.82, 2.24) is 9.97 Å². The zero-order valence-corrected chi connectivity index (χ0v) is 17.8. The zero-order chi connectivity index (χ0) is 21.5. The van der Waals surface area contributed by atoms with E-state index < -0.39 is 6.10 Å². The van der Waals surface area contributed by atoms with Crippen LogP contribution in [0.15, 0.2) is 48.8 Å². The Morgan fingerprint density at radius 2 is 1.81 bits per heavy atom. The number of aliphatic hydroxyl groups is 1. The first-order chi connectivity index (χ1) is 15.1. The normalized spacial score (nSPS) is 15.7. The number of rotatable bonds is 4. The van der Waals surface area contributed by atoms with Gasteiger partial charge in [0.25, 0.3) is 0 Å². The van der Waals surface area contributed by atoms with E-state index in [4.69, 9.17) is 9.47 Å². The summed E-state index contributed by atoms with van der Waals surface area (Å²) in [7, 11) is 3.21. The van der Waals surface area contributed by atoms with Crippen LogP contribution in [0.1, 0.15) is 17.2 Å². The van der Waals surface area contributed by atoms with Gasteiger partial charge in [0.15, 0.2) is 0 Å². The van der Waals surface area contributed by atoms with Gasteiger partial charge < -0.3 is 19.5 Å². The van der Waals surface area contributed by atoms with Crippen LogP contribution in [0.2, 0.25) is 0 Å². The van der Waals surface area contributed by atoms with Crippen LogP contribution in [-0.2, 0) is 6.54 Å². The SMILES string of the molecule is COc1ccc(OC)c2c1CN(c1ncnc3cc(-c4ccc(F)cc4)sc13)CC2O. The first-order valence-electron chi connectivity index (χ1n) is 9.76. The number of ether oxygens (including phenoxy) is 2. The van der Waals surface area contributed by atoms with E-state index in [0.717, 1.165) is 37.6 Å². The Balaban J connectivity index is 1.58. The van der Waals surface area contributed by atoms with Crippen LogP contribution in [0.4, 0.5) is 10.2 Å². The van der Waals surface area contributed by atoms with Gasteiger partial charge in [-0.2, -0.15) is 0 Å². The Kier molecular flexibility index (Phi) is 4.95. The summed E-state index contributed by atoms with van der Waals surface area (Å²) in [5.74, 6) is 1.82. The molecule has 4 aromatic rings. The molecule has 0 aliphatic carbocycles. The molecule has 0 fully saturated rings. The number of thiophene rings is 1. The largest absolute Gasteiger partial charge is 0.496 e. The molecule has 0 amide bonds. The highest BCUT2D eigenvalue weighted by Crippen LogP contribution is 2.43. The van der Waals surface area contributed by atoms with Crippen LogP contribution in [0.5, 0.6) is 11.5 Å². The summed E-state index contributed by atoms with van der Waals surface area (Å²) in [6.45, 7) is 0.884. The highest BCUT2D eigenvalue weighted by molar-refractivity contribution is 7.22. The number of benzene rings is 2. The second kappa shape index (κ2) is 7.79. The van der Waals surface area contributed by atoms with E-state index in [0.29, 0.717) is 24.6 Å². The maximum absolute atomic E-state index is 13.3. The lowest BCUT2D eigenvalue weighted by atomic mass is 9.95. The van der Waals surface area contributed by atoms with E-state index in [1.54, 1.807) is 37.7 Å². The molecule has 31 heavy (non-hydrogen) atoms. The summed E-state index contributed by atoms with van der Waals surface area (Å²) < 4.78 is 25.3. The number of aliphatic hydroxyl groups excluding tert-OH is 1. The Hall–Kier alpha value is -3.23. The molecule has 1 atom stereocenters. The van der Waals surface area contributed by atoms with E-state index in [9.17, 15) is 9.50 Å². The third kappa shape index (κ3) is 3.37. The van der Waals surface area contributed by atoms with Gasteiger partial charge in [-0.3, -0.25) is 0 Å². The fourth-order valence-corrected chi connectivity index (χ4v) is 5.19. The number of nitrogens with zero attached hydrogens (tertiary/aromatic N) is 3. The zero-order valence-electron chi connectivity index (χ0n) is 17.0. The van der Waals surface area contributed by atoms with Crippen LogP contribution < -0.4 is 14.4 Å². The van der Waals surface area contributed by atoms with Gasteiger partial charge in [0, 0.05) is 22.5 Å². The molecule has 8 heteroatoms. The van der Waals surface area contributed by atoms with Gasteiger partial charge in [0.1, 0.15) is 35.6 Å². The second-order valence-electron chi connectivity index (χ2n) is 7.29. The number of anilines is 1. The molecule has 158 valence electrons. The van der Waals surface area contributed by atoms with Crippen molar-refractivity contribution in [3.63, 3.8) is 0 Å². The summed E-state index contributed by atoms with van der Waals surface area (Å²) >= 11 is 1.55. The molecule has 5 rings (SSSR count). The van der Waals surface area contributed by atoms with Crippen LogP contribution in [0.25, 0.3) is 20.7 Å². The van der Waals surface area contributed by atoms with Gasteiger partial charge in [-0.1, -0.05) is 12.1 Å². The first kappa shape index (κ1) is 19.7. The van der Waals surface area contributed by atoms with Gasteiger partial charge in [-0.25, -0.2) is 14.4 Å². The standard InChI is InChI=1S/C23H20FN3O3S/c1-29-18-7-8-19(30-2)21-15(18)10-27(11-17(21)28)23-22-16(25-12-26-23)9-20(31-22)13-3-5-14(24)6-4-13/h3-9,12,17,28H,10-11H2,1-2H3. The average molecular weight is 437 g/mol. The first-order valence-corrected chi connectivity index (χ1v) is 10.6. The van der Waals surface area contributed by atoms with Crippen molar-refractivity contribution in [2.24, 2.45) is 0 Å². The van der Waals surface area contributed by atoms with E-state index in [2.05, 4.69) is 9.97 Å². The Morgan fingerprint density at radius 3 is 2.55 bits per heavy atom. The Labute approximate surface area is 182 Å². The predicted molar refractivity (Wildman–Crippen MR) is 118 cm³/mol. The summed E-state index contributed by atoms with van der Waals surface area (Å²) in [6.07, 6.45) is 0.777. The van der Waals surface area contributed by atoms with Gasteiger partial charge >= 0.3 is 0 Å². The number of hydrogen-bond acceptors (Lipinski definition) is 7. The van der Waals surface area contributed by atoms with Crippen molar-refractivity contribution in [3.8, 4) is 21.9 Å². The third-order valence-electron chi connectivity index (χ3n) is 5.51. The molecule has 0 spiro atoms. The molecule has 0 radical (unpaired) electrons. The van der Waals surface area contributed by atoms with Gasteiger partial charge in [0.2, 0.25) is 0 Å². The van der Waals surface area contributed by atoms with E-state index in [-0.39, 0.29) is 5.82 Å². The highest BCUT2D eigenvalue weighted by atomic mass is 32.1. The molecule has 3 heterocycles. The molecule has 6 nitrogen and oxygen atoms in total. The molecule has 0 bridgehead atoms. The molecule has 2 aromatic heterocycles. The number of hydrogen-bond donors (Lipinski definition) is 1. The van der Waals surface area contributed by atoms with Crippen molar-refractivity contribution in [1.29, 1.82) is 0 Å². The maximum Gasteiger partial charge on any atom is 0.150 e. The van der Waals surface area contributed by atoms with Crippen molar-refractivity contribution < 1.29 is 19.0 Å². The number of methoxy groups -OCH3 is 2. The van der Waals surface area contributed by atoms with E-state index >= 15 is 0 Å². The smallest absolute Gasteiger partial charge is 0.150 e. The number of halogens is 1. The number of β-amino-alcohol motifs (C(OH)–C–C–N with tert-alkyl or cyclic N) is 1. The third-order valence-corrected chi connectivity index (χ3v) is 6.68. The Bertz CT molecular complexity index is 1260. The van der Waals surface area contributed by atoms with Crippen molar-refractivity contribution in [3.05, 3.63) is 65.7 Å². The highest BCUT2D eigenvalue weighted by Gasteiger charge is 2.31. The summed E-state index contributed by atoms with van der Waals surface area (Å²) in [5.41, 5.74) is 3.36. The van der Waals surface area contributed by atoms with Crippen molar-refractivity contribution in [2.45, 2.75) is 12.6 Å². The fraction of sp³-hybridized carbons (Fsp3) is 0.217. The predicted octanol–water partition coefficient (Wildman–Crippen LogP) is 4.57. The van der Waals surface area contributed by atoms with Crippen LogP contribution in [0, 0.1) is 5.82 Å². The minimum Gasteiger partial charge on any atom is -0.496 e. The van der Waals surface area contributed by atoms with Crippen molar-refractivity contribution >= 4 is 27.4 Å². The Morgan fingerprint density at radius 1 is 1.06 bits per heavy atom. The van der Waals surface area contributed by atoms with Crippen LogP contribution in [-0.4, -0.2) is 35.8 Å². The lowest BCUT2D eigenvalue weighted by molar-refractivity contribution is 0.169. The molecular formula is C23H20FN3O3S. The van der Waals surface area contributed by atoms with Gasteiger partial charge in [-0.15, -0.1) is 11.3 Å². The molecule has 1 aliphatic heterocycles. The fourth-order valence-electron chi connectivity index (χ4n) is 4.06. The maximum atomic E-state index is 13.3. The van der Waals surface area contributed by atoms with E-state index in [1.807, 2.05) is 23.1 Å². The minimum atomic E-state index is -0.754. The van der Waals surface area contributed by atoms with Gasteiger partial charge in [-0.05, 0) is 35.9 Å². The molecule has 0 saturated heterocycles. The lowest BCUT2D eigenvalue weighted by Gasteiger charge is -2.34. The quantitative estimate of drug-likeness (QED) is 0.505. The number of aromatic nitrogens is 2. The molecular weight excluding hydrogens is 417 g/mol. The summed E-state index contributed by atoms with van der Waals surface area (Å²) in [4.78, 5) is 12.0. The van der Waals surface area contributed by atoms with Crippen molar-refractivity contribution in [2.75, 3.05) is 25.7 Å². The lowest BCUT2D eigenvalue weighted by Crippen LogP contribution is -2.34. The summed E-state index contributed by atoms with van der Waals surface area (Å²) in [5, 5.41) is 11.0. The number of fused-ring (bicyclic) bond motifs is 2.